The summed E-state index contributed by atoms with van der Waals surface area (Å²) < 4.78 is 34.5. The average Bonchev–Trinajstić information content (AvgIpc) is 2.67. The lowest BCUT2D eigenvalue weighted by Crippen LogP contribution is -2.40. The molecule has 0 aliphatic carbocycles. The fourth-order valence-corrected chi connectivity index (χ4v) is 4.75. The number of piperidine rings is 1. The molecule has 0 bridgehead atoms. The highest BCUT2D eigenvalue weighted by molar-refractivity contribution is 7.92. The number of amides is 2. The number of sulfonamides is 1. The Morgan fingerprint density at radius 1 is 1.00 bits per heavy atom. The normalized spacial score (nSPS) is 15.3. The van der Waals surface area contributed by atoms with Gasteiger partial charge in [0, 0.05) is 12.8 Å². The van der Waals surface area contributed by atoms with Gasteiger partial charge in [-0.25, -0.2) is 8.42 Å². The summed E-state index contributed by atoms with van der Waals surface area (Å²) in [6.45, 7) is 5.98. The number of nitrogens with one attached hydrogen (secondary N) is 1. The number of carbonyl (C=O) groups is 2. The molecule has 1 aliphatic rings. The van der Waals surface area contributed by atoms with Gasteiger partial charge in [0.2, 0.25) is 11.8 Å². The molecule has 0 atom stereocenters. The largest absolute Gasteiger partial charge is 0.495 e. The topological polar surface area (TPSA) is 92.8 Å². The first kappa shape index (κ1) is 21.8. The molecule has 0 unspecified atom stereocenters. The monoisotopic (exact) mass is 430 g/mol. The van der Waals surface area contributed by atoms with Crippen LogP contribution in [0.2, 0.25) is 0 Å². The predicted octanol–water partition coefficient (Wildman–Crippen LogP) is 3.84. The van der Waals surface area contributed by atoms with Crippen molar-refractivity contribution in [1.82, 2.24) is 0 Å². The zero-order chi connectivity index (χ0) is 22.1. The number of hydrogen-bond acceptors (Lipinski definition) is 5. The summed E-state index contributed by atoms with van der Waals surface area (Å²) in [6.07, 6.45) is 0.995. The van der Waals surface area contributed by atoms with Crippen LogP contribution in [0, 0.1) is 0 Å². The number of imide groups is 1. The molecule has 160 valence electrons. The molecular weight excluding hydrogens is 404 g/mol. The quantitative estimate of drug-likeness (QED) is 0.728. The van der Waals surface area contributed by atoms with E-state index >= 15 is 0 Å². The Balaban J connectivity index is 2.06. The van der Waals surface area contributed by atoms with E-state index in [0.29, 0.717) is 12.1 Å². The van der Waals surface area contributed by atoms with Gasteiger partial charge in [0.1, 0.15) is 10.6 Å². The van der Waals surface area contributed by atoms with Crippen LogP contribution in [0.25, 0.3) is 0 Å². The van der Waals surface area contributed by atoms with Gasteiger partial charge < -0.3 is 4.74 Å². The van der Waals surface area contributed by atoms with Gasteiger partial charge in [0.15, 0.2) is 0 Å². The molecule has 0 spiro atoms. The van der Waals surface area contributed by atoms with Crippen LogP contribution in [0.5, 0.6) is 5.75 Å². The fraction of sp³-hybridized carbons (Fsp3) is 0.364. The van der Waals surface area contributed by atoms with Crippen LogP contribution in [0.3, 0.4) is 0 Å². The molecule has 2 amide bonds. The lowest BCUT2D eigenvalue weighted by Gasteiger charge is -2.26. The van der Waals surface area contributed by atoms with Gasteiger partial charge in [0.25, 0.3) is 10.0 Å². The molecule has 0 saturated carbocycles. The Kier molecular flexibility index (Phi) is 5.90. The number of ether oxygens (including phenoxy) is 1. The van der Waals surface area contributed by atoms with Crippen molar-refractivity contribution in [2.24, 2.45) is 0 Å². The van der Waals surface area contributed by atoms with Crippen molar-refractivity contribution in [3.8, 4) is 5.75 Å². The maximum Gasteiger partial charge on any atom is 0.265 e. The van der Waals surface area contributed by atoms with Crippen molar-refractivity contribution in [2.45, 2.75) is 50.3 Å². The van der Waals surface area contributed by atoms with Gasteiger partial charge in [-0.1, -0.05) is 39.0 Å². The SMILES string of the molecule is COc1ccc(N2C(=O)CCCC2=O)cc1S(=O)(=O)Nc1ccccc1C(C)(C)C. The number of carbonyl (C=O) groups excluding carboxylic acids is 2. The standard InChI is InChI=1S/C22H26N2O5S/c1-22(2,3)16-8-5-6-9-17(16)23-30(27,28)19-14-15(12-13-18(19)29-4)24-20(25)10-7-11-21(24)26/h5-6,8-9,12-14,23H,7,10-11H2,1-4H3. The van der Waals surface area contributed by atoms with Crippen molar-refractivity contribution in [3.63, 3.8) is 0 Å². The number of hydrogen-bond donors (Lipinski definition) is 1. The fourth-order valence-electron chi connectivity index (χ4n) is 3.48. The number of anilines is 2. The number of nitrogens with zero attached hydrogens (tertiary/aromatic N) is 1. The van der Waals surface area contributed by atoms with Gasteiger partial charge in [-0.3, -0.25) is 19.2 Å². The molecule has 7 nitrogen and oxygen atoms in total. The van der Waals surface area contributed by atoms with E-state index < -0.39 is 10.0 Å². The Bertz CT molecular complexity index is 1070. The molecule has 0 radical (unpaired) electrons. The minimum absolute atomic E-state index is 0.122. The van der Waals surface area contributed by atoms with E-state index in [-0.39, 0.29) is 46.4 Å². The highest BCUT2D eigenvalue weighted by Crippen LogP contribution is 2.34. The summed E-state index contributed by atoms with van der Waals surface area (Å²) in [5.41, 5.74) is 1.24. The van der Waals surface area contributed by atoms with Gasteiger partial charge in [-0.15, -0.1) is 0 Å². The molecule has 8 heteroatoms. The lowest BCUT2D eigenvalue weighted by molar-refractivity contribution is -0.129. The van der Waals surface area contributed by atoms with E-state index in [2.05, 4.69) is 4.72 Å². The minimum atomic E-state index is -4.06. The third-order valence-electron chi connectivity index (χ3n) is 4.95. The van der Waals surface area contributed by atoms with Gasteiger partial charge in [0.05, 0.1) is 18.5 Å². The molecule has 3 rings (SSSR count). The second-order valence-electron chi connectivity index (χ2n) is 8.21. The highest BCUT2D eigenvalue weighted by Gasteiger charge is 2.30. The number of benzene rings is 2. The molecule has 1 saturated heterocycles. The van der Waals surface area contributed by atoms with Crippen LogP contribution in [-0.2, 0) is 25.0 Å². The molecule has 1 aliphatic heterocycles. The Labute approximate surface area is 177 Å². The van der Waals surface area contributed by atoms with Crippen LogP contribution in [0.15, 0.2) is 47.4 Å². The first-order valence-corrected chi connectivity index (χ1v) is 11.2. The molecule has 2 aromatic carbocycles. The van der Waals surface area contributed by atoms with Crippen molar-refractivity contribution in [2.75, 3.05) is 16.7 Å². The number of para-hydroxylation sites is 1. The average molecular weight is 431 g/mol. The first-order valence-electron chi connectivity index (χ1n) is 9.71. The number of methoxy groups -OCH3 is 1. The smallest absolute Gasteiger partial charge is 0.265 e. The summed E-state index contributed by atoms with van der Waals surface area (Å²) in [5, 5.41) is 0. The van der Waals surface area contributed by atoms with E-state index in [1.807, 2.05) is 32.9 Å². The zero-order valence-electron chi connectivity index (χ0n) is 17.6. The van der Waals surface area contributed by atoms with E-state index in [1.165, 1.54) is 25.3 Å². The van der Waals surface area contributed by atoms with E-state index in [4.69, 9.17) is 4.74 Å². The predicted molar refractivity (Wildman–Crippen MR) is 115 cm³/mol. The Morgan fingerprint density at radius 3 is 2.23 bits per heavy atom. The van der Waals surface area contributed by atoms with Crippen LogP contribution < -0.4 is 14.4 Å². The summed E-state index contributed by atoms with van der Waals surface area (Å²) in [6, 6.07) is 11.5. The van der Waals surface area contributed by atoms with Crippen molar-refractivity contribution >= 4 is 33.2 Å². The molecule has 1 N–H and O–H groups in total. The zero-order valence-corrected chi connectivity index (χ0v) is 18.4. The van der Waals surface area contributed by atoms with Gasteiger partial charge in [-0.05, 0) is 41.7 Å². The third-order valence-corrected chi connectivity index (χ3v) is 6.34. The van der Waals surface area contributed by atoms with E-state index in [9.17, 15) is 18.0 Å². The molecule has 1 heterocycles. The van der Waals surface area contributed by atoms with Crippen molar-refractivity contribution in [3.05, 3.63) is 48.0 Å². The molecule has 0 aromatic heterocycles. The van der Waals surface area contributed by atoms with Crippen LogP contribution in [0.4, 0.5) is 11.4 Å². The maximum atomic E-state index is 13.3. The van der Waals surface area contributed by atoms with Crippen LogP contribution in [0.1, 0.15) is 45.6 Å². The molecular formula is C22H26N2O5S. The van der Waals surface area contributed by atoms with Crippen molar-refractivity contribution in [1.29, 1.82) is 0 Å². The van der Waals surface area contributed by atoms with E-state index in [1.54, 1.807) is 12.1 Å². The summed E-state index contributed by atoms with van der Waals surface area (Å²) >= 11 is 0. The lowest BCUT2D eigenvalue weighted by atomic mass is 9.86. The summed E-state index contributed by atoms with van der Waals surface area (Å²) in [7, 11) is -2.69. The Morgan fingerprint density at radius 2 is 1.63 bits per heavy atom. The third kappa shape index (κ3) is 4.33. The van der Waals surface area contributed by atoms with Gasteiger partial charge >= 0.3 is 0 Å². The van der Waals surface area contributed by atoms with Crippen molar-refractivity contribution < 1.29 is 22.7 Å². The minimum Gasteiger partial charge on any atom is -0.495 e. The maximum absolute atomic E-state index is 13.3. The van der Waals surface area contributed by atoms with Crippen LogP contribution in [-0.4, -0.2) is 27.3 Å². The number of rotatable bonds is 5. The molecule has 1 fully saturated rings. The Hall–Kier alpha value is -2.87. The van der Waals surface area contributed by atoms with Gasteiger partial charge in [-0.2, -0.15) is 0 Å². The molecule has 2 aromatic rings. The summed E-state index contributed by atoms with van der Waals surface area (Å²) in [5.74, 6) is -0.562. The second kappa shape index (κ2) is 8.10. The molecule has 30 heavy (non-hydrogen) atoms. The highest BCUT2D eigenvalue weighted by atomic mass is 32.2. The summed E-state index contributed by atoms with van der Waals surface area (Å²) in [4.78, 5) is 25.5. The van der Waals surface area contributed by atoms with Crippen LogP contribution >= 0.6 is 0 Å². The van der Waals surface area contributed by atoms with E-state index in [0.717, 1.165) is 10.5 Å². The first-order chi connectivity index (χ1) is 14.0. The second-order valence-corrected chi connectivity index (χ2v) is 9.86.